The Kier molecular flexibility index (Phi) is 5.39. The number of aryl methyl sites for hydroxylation is 1. The van der Waals surface area contributed by atoms with Gasteiger partial charge in [-0.15, -0.1) is 0 Å². The maximum Gasteiger partial charge on any atom is 0.319 e. The smallest absolute Gasteiger partial charge is 0.319 e. The second kappa shape index (κ2) is 7.89. The second-order valence-electron chi connectivity index (χ2n) is 5.80. The molecule has 24 heavy (non-hydrogen) atoms. The van der Waals surface area contributed by atoms with E-state index in [1.54, 1.807) is 0 Å². The van der Waals surface area contributed by atoms with E-state index in [-0.39, 0.29) is 11.9 Å². The van der Waals surface area contributed by atoms with E-state index in [4.69, 9.17) is 4.74 Å². The molecule has 1 atom stereocenters. The molecule has 1 aliphatic rings. The van der Waals surface area contributed by atoms with Gasteiger partial charge in [0.05, 0.1) is 13.2 Å². The van der Waals surface area contributed by atoms with Crippen LogP contribution in [0, 0.1) is 12.8 Å². The van der Waals surface area contributed by atoms with Crippen LogP contribution in [0.15, 0.2) is 24.3 Å². The Morgan fingerprint density at radius 1 is 1.38 bits per heavy atom. The number of hydrogen-bond acceptors (Lipinski definition) is 5. The van der Waals surface area contributed by atoms with Crippen LogP contribution in [0.1, 0.15) is 5.82 Å². The van der Waals surface area contributed by atoms with Crippen LogP contribution in [-0.4, -0.2) is 54.1 Å². The van der Waals surface area contributed by atoms with Crippen molar-refractivity contribution in [3.05, 3.63) is 30.1 Å². The highest BCUT2D eigenvalue weighted by Gasteiger charge is 2.13. The zero-order chi connectivity index (χ0) is 16.8. The highest BCUT2D eigenvalue weighted by atomic mass is 16.5. The number of ether oxygens (including phenoxy) is 1. The molecule has 0 radical (unpaired) electrons. The van der Waals surface area contributed by atoms with Gasteiger partial charge in [0, 0.05) is 36.8 Å². The summed E-state index contributed by atoms with van der Waals surface area (Å²) < 4.78 is 5.47. The van der Waals surface area contributed by atoms with Crippen LogP contribution in [0.3, 0.4) is 0 Å². The predicted molar refractivity (Wildman–Crippen MR) is 90.8 cm³/mol. The molecule has 128 valence electrons. The van der Waals surface area contributed by atoms with E-state index in [9.17, 15) is 4.79 Å². The first kappa shape index (κ1) is 16.4. The van der Waals surface area contributed by atoms with Gasteiger partial charge in [-0.05, 0) is 31.2 Å². The van der Waals surface area contributed by atoms with Gasteiger partial charge >= 0.3 is 6.03 Å². The van der Waals surface area contributed by atoms with Crippen molar-refractivity contribution in [1.29, 1.82) is 0 Å². The van der Waals surface area contributed by atoms with E-state index < -0.39 is 0 Å². The number of H-pyrrole nitrogens is 1. The lowest BCUT2D eigenvalue weighted by atomic mass is 10.1. The fourth-order valence-electron chi connectivity index (χ4n) is 2.48. The zero-order valence-corrected chi connectivity index (χ0v) is 13.6. The quantitative estimate of drug-likeness (QED) is 0.673. The minimum absolute atomic E-state index is 0.222. The number of amides is 2. The molecule has 2 heterocycles. The monoisotopic (exact) mass is 330 g/mol. The average Bonchev–Trinajstić information content (AvgIpc) is 2.85. The molecule has 8 nitrogen and oxygen atoms in total. The maximum absolute atomic E-state index is 12.0. The molecule has 0 bridgehead atoms. The number of aromatic nitrogens is 3. The Labute approximate surface area is 140 Å². The molecule has 2 aromatic rings. The molecule has 2 amide bonds. The van der Waals surface area contributed by atoms with Crippen LogP contribution >= 0.6 is 0 Å². The fourth-order valence-corrected chi connectivity index (χ4v) is 2.48. The SMILES string of the molecule is Cc1nc(-c2ccc(NC(=O)NC[C@@H]3CNCCOC3)cc2)n[nH]1. The lowest BCUT2D eigenvalue weighted by Gasteiger charge is -2.15. The van der Waals surface area contributed by atoms with Crippen LogP contribution in [-0.2, 0) is 4.74 Å². The molecule has 0 unspecified atom stereocenters. The van der Waals surface area contributed by atoms with Gasteiger partial charge in [-0.1, -0.05) is 0 Å². The third kappa shape index (κ3) is 4.53. The van der Waals surface area contributed by atoms with Gasteiger partial charge in [-0.25, -0.2) is 9.78 Å². The number of anilines is 1. The third-order valence-electron chi connectivity index (χ3n) is 3.76. The van der Waals surface area contributed by atoms with Gasteiger partial charge < -0.3 is 20.7 Å². The first-order chi connectivity index (χ1) is 11.7. The summed E-state index contributed by atoms with van der Waals surface area (Å²) in [6.45, 7) is 5.53. The summed E-state index contributed by atoms with van der Waals surface area (Å²) >= 11 is 0. The Balaban J connectivity index is 1.49. The van der Waals surface area contributed by atoms with Gasteiger partial charge in [0.2, 0.25) is 0 Å². The Morgan fingerprint density at radius 3 is 2.96 bits per heavy atom. The third-order valence-corrected chi connectivity index (χ3v) is 3.76. The minimum atomic E-state index is -0.222. The van der Waals surface area contributed by atoms with Crippen molar-refractivity contribution in [2.75, 3.05) is 38.2 Å². The van der Waals surface area contributed by atoms with E-state index in [0.29, 0.717) is 19.0 Å². The van der Waals surface area contributed by atoms with Gasteiger partial charge in [0.25, 0.3) is 0 Å². The lowest BCUT2D eigenvalue weighted by Crippen LogP contribution is -2.37. The summed E-state index contributed by atoms with van der Waals surface area (Å²) in [5.41, 5.74) is 1.62. The molecule has 4 N–H and O–H groups in total. The summed E-state index contributed by atoms with van der Waals surface area (Å²) in [6, 6.07) is 7.19. The number of hydrogen-bond donors (Lipinski definition) is 4. The number of rotatable bonds is 4. The highest BCUT2D eigenvalue weighted by Crippen LogP contribution is 2.17. The molecule has 1 aromatic heterocycles. The zero-order valence-electron chi connectivity index (χ0n) is 13.6. The molecular formula is C16H22N6O2. The summed E-state index contributed by atoms with van der Waals surface area (Å²) in [6.07, 6.45) is 0. The van der Waals surface area contributed by atoms with Crippen molar-refractivity contribution in [2.24, 2.45) is 5.92 Å². The number of benzene rings is 1. The average molecular weight is 330 g/mol. The molecule has 1 fully saturated rings. The topological polar surface area (TPSA) is 104 Å². The molecule has 1 saturated heterocycles. The maximum atomic E-state index is 12.0. The molecule has 8 heteroatoms. The summed E-state index contributed by atoms with van der Waals surface area (Å²) in [7, 11) is 0. The summed E-state index contributed by atoms with van der Waals surface area (Å²) in [5.74, 6) is 1.70. The van der Waals surface area contributed by atoms with Crippen molar-refractivity contribution in [3.8, 4) is 11.4 Å². The van der Waals surface area contributed by atoms with Crippen LogP contribution < -0.4 is 16.0 Å². The molecule has 0 spiro atoms. The van der Waals surface area contributed by atoms with Crippen LogP contribution in [0.4, 0.5) is 10.5 Å². The van der Waals surface area contributed by atoms with Crippen LogP contribution in [0.25, 0.3) is 11.4 Å². The Hall–Kier alpha value is -2.45. The molecule has 0 aliphatic carbocycles. The number of aromatic amines is 1. The number of urea groups is 1. The van der Waals surface area contributed by atoms with Crippen molar-refractivity contribution >= 4 is 11.7 Å². The second-order valence-corrected chi connectivity index (χ2v) is 5.80. The molecule has 0 saturated carbocycles. The number of carbonyl (C=O) groups excluding carboxylic acids is 1. The normalized spacial score (nSPS) is 18.0. The standard InChI is InChI=1S/C16H22N6O2/c1-11-19-15(22-21-11)13-2-4-14(5-3-13)20-16(23)18-9-12-8-17-6-7-24-10-12/h2-5,12,17H,6-10H2,1H3,(H2,18,20,23)(H,19,21,22)/t12-/m0/s1. The van der Waals surface area contributed by atoms with E-state index >= 15 is 0 Å². The minimum Gasteiger partial charge on any atom is -0.380 e. The Morgan fingerprint density at radius 2 is 2.21 bits per heavy atom. The number of carbonyl (C=O) groups is 1. The number of nitrogens with zero attached hydrogens (tertiary/aromatic N) is 2. The van der Waals surface area contributed by atoms with Crippen molar-refractivity contribution in [3.63, 3.8) is 0 Å². The van der Waals surface area contributed by atoms with E-state index in [2.05, 4.69) is 31.1 Å². The molecule has 1 aliphatic heterocycles. The van der Waals surface area contributed by atoms with E-state index in [1.807, 2.05) is 31.2 Å². The van der Waals surface area contributed by atoms with E-state index in [0.717, 1.165) is 36.8 Å². The van der Waals surface area contributed by atoms with Crippen molar-refractivity contribution in [2.45, 2.75) is 6.92 Å². The van der Waals surface area contributed by atoms with Gasteiger partial charge in [0.1, 0.15) is 5.82 Å². The molecular weight excluding hydrogens is 308 g/mol. The van der Waals surface area contributed by atoms with Gasteiger partial charge in [-0.2, -0.15) is 5.10 Å². The van der Waals surface area contributed by atoms with E-state index in [1.165, 1.54) is 0 Å². The Bertz CT molecular complexity index is 661. The largest absolute Gasteiger partial charge is 0.380 e. The number of nitrogens with one attached hydrogen (secondary N) is 4. The van der Waals surface area contributed by atoms with Crippen molar-refractivity contribution in [1.82, 2.24) is 25.8 Å². The van der Waals surface area contributed by atoms with Crippen LogP contribution in [0.2, 0.25) is 0 Å². The van der Waals surface area contributed by atoms with Crippen molar-refractivity contribution < 1.29 is 9.53 Å². The molecule has 1 aromatic carbocycles. The van der Waals surface area contributed by atoms with Crippen LogP contribution in [0.5, 0.6) is 0 Å². The summed E-state index contributed by atoms with van der Waals surface area (Å²) in [4.78, 5) is 16.3. The lowest BCUT2D eigenvalue weighted by molar-refractivity contribution is 0.123. The highest BCUT2D eigenvalue weighted by molar-refractivity contribution is 5.89. The first-order valence-electron chi connectivity index (χ1n) is 8.03. The van der Waals surface area contributed by atoms with Gasteiger partial charge in [0.15, 0.2) is 5.82 Å². The fraction of sp³-hybridized carbons (Fsp3) is 0.438. The van der Waals surface area contributed by atoms with Gasteiger partial charge in [-0.3, -0.25) is 5.10 Å². The molecule has 3 rings (SSSR count). The predicted octanol–water partition coefficient (Wildman–Crippen LogP) is 1.14. The first-order valence-corrected chi connectivity index (χ1v) is 8.03. The summed E-state index contributed by atoms with van der Waals surface area (Å²) in [5, 5.41) is 15.9.